The van der Waals surface area contributed by atoms with Crippen molar-refractivity contribution in [3.05, 3.63) is 28.2 Å². The van der Waals surface area contributed by atoms with Crippen LogP contribution in [0.2, 0.25) is 10.0 Å². The van der Waals surface area contributed by atoms with Crippen LogP contribution in [0.3, 0.4) is 0 Å². The van der Waals surface area contributed by atoms with E-state index < -0.39 is 0 Å². The number of hydrogen-bond acceptors (Lipinski definition) is 2. The first-order valence-electron chi connectivity index (χ1n) is 13.8. The molecule has 0 atom stereocenters. The Morgan fingerprint density at radius 3 is 1.89 bits per heavy atom. The highest BCUT2D eigenvalue weighted by Crippen LogP contribution is 2.25. The van der Waals surface area contributed by atoms with Gasteiger partial charge in [-0.25, -0.2) is 0 Å². The van der Waals surface area contributed by atoms with Gasteiger partial charge in [-0.2, -0.15) is 4.99 Å². The van der Waals surface area contributed by atoms with Gasteiger partial charge in [-0.15, -0.1) is 0 Å². The molecule has 0 heterocycles. The highest BCUT2D eigenvalue weighted by atomic mass is 35.5. The van der Waals surface area contributed by atoms with Crippen LogP contribution in [0.1, 0.15) is 117 Å². The molecule has 0 unspecified atom stereocenters. The number of thioether (sulfide) groups is 1. The largest absolute Gasteiger partial charge is 0.369 e. The summed E-state index contributed by atoms with van der Waals surface area (Å²) < 4.78 is 0. The SMILES string of the molecule is CCCCCCCCCCCCSC(=NCCCCCCCC)/N=C(\N)Nc1ccc(Cl)c(Cl)c1. The molecular weight excluding hydrogens is 495 g/mol. The van der Waals surface area contributed by atoms with E-state index in [0.717, 1.165) is 29.6 Å². The summed E-state index contributed by atoms with van der Waals surface area (Å²) in [6.07, 6.45) is 20.9. The number of amidine groups is 1. The van der Waals surface area contributed by atoms with Crippen molar-refractivity contribution in [2.24, 2.45) is 15.7 Å². The summed E-state index contributed by atoms with van der Waals surface area (Å²) in [5, 5.41) is 4.86. The number of guanidine groups is 1. The van der Waals surface area contributed by atoms with Crippen molar-refractivity contribution >= 4 is 51.8 Å². The smallest absolute Gasteiger partial charge is 0.200 e. The third kappa shape index (κ3) is 18.1. The molecule has 0 fully saturated rings. The van der Waals surface area contributed by atoms with Crippen LogP contribution in [-0.2, 0) is 0 Å². The molecule has 0 saturated carbocycles. The molecule has 0 aliphatic rings. The maximum Gasteiger partial charge on any atom is 0.200 e. The number of benzene rings is 1. The Kier molecular flexibility index (Phi) is 20.5. The zero-order valence-corrected chi connectivity index (χ0v) is 24.4. The molecule has 1 aromatic carbocycles. The van der Waals surface area contributed by atoms with Gasteiger partial charge in [-0.05, 0) is 31.0 Å². The normalized spacial score (nSPS) is 12.3. The van der Waals surface area contributed by atoms with E-state index in [1.807, 2.05) is 6.07 Å². The van der Waals surface area contributed by atoms with E-state index in [0.29, 0.717) is 16.0 Å². The number of nitrogens with two attached hydrogens (primary N) is 1. The predicted molar refractivity (Wildman–Crippen MR) is 162 cm³/mol. The first-order chi connectivity index (χ1) is 17.1. The van der Waals surface area contributed by atoms with Gasteiger partial charge < -0.3 is 11.1 Å². The molecule has 0 spiro atoms. The van der Waals surface area contributed by atoms with Gasteiger partial charge >= 0.3 is 0 Å². The number of halogens is 2. The number of unbranched alkanes of at least 4 members (excludes halogenated alkanes) is 14. The van der Waals surface area contributed by atoms with E-state index in [1.54, 1.807) is 23.9 Å². The lowest BCUT2D eigenvalue weighted by atomic mass is 10.1. The molecule has 7 heteroatoms. The van der Waals surface area contributed by atoms with Crippen LogP contribution in [0.15, 0.2) is 28.2 Å². The minimum Gasteiger partial charge on any atom is -0.369 e. The predicted octanol–water partition coefficient (Wildman–Crippen LogP) is 10.1. The van der Waals surface area contributed by atoms with Gasteiger partial charge in [0.1, 0.15) is 0 Å². The second-order valence-corrected chi connectivity index (χ2v) is 11.1. The Morgan fingerprint density at radius 1 is 0.771 bits per heavy atom. The lowest BCUT2D eigenvalue weighted by molar-refractivity contribution is 0.563. The topological polar surface area (TPSA) is 62.8 Å². The van der Waals surface area contributed by atoms with E-state index in [4.69, 9.17) is 33.9 Å². The Labute approximate surface area is 229 Å². The molecule has 4 nitrogen and oxygen atoms in total. The average molecular weight is 544 g/mol. The highest BCUT2D eigenvalue weighted by molar-refractivity contribution is 8.13. The van der Waals surface area contributed by atoms with Gasteiger partial charge in [-0.3, -0.25) is 4.99 Å². The molecule has 1 rings (SSSR count). The number of rotatable bonds is 19. The summed E-state index contributed by atoms with van der Waals surface area (Å²) >= 11 is 13.8. The van der Waals surface area contributed by atoms with Gasteiger partial charge in [0, 0.05) is 18.0 Å². The Balaban J connectivity index is 2.44. The van der Waals surface area contributed by atoms with Crippen molar-refractivity contribution in [3.8, 4) is 0 Å². The molecule has 1 aromatic rings. The van der Waals surface area contributed by atoms with Crippen molar-refractivity contribution in [2.75, 3.05) is 17.6 Å². The molecule has 0 bridgehead atoms. The van der Waals surface area contributed by atoms with Gasteiger partial charge in [0.15, 0.2) is 11.1 Å². The van der Waals surface area contributed by atoms with Crippen LogP contribution in [0.25, 0.3) is 0 Å². The lowest BCUT2D eigenvalue weighted by Gasteiger charge is -2.08. The number of nitrogens with one attached hydrogen (secondary N) is 1. The number of hydrogen-bond donors (Lipinski definition) is 2. The zero-order valence-electron chi connectivity index (χ0n) is 22.1. The van der Waals surface area contributed by atoms with E-state index in [9.17, 15) is 0 Å². The summed E-state index contributed by atoms with van der Waals surface area (Å²) in [4.78, 5) is 9.34. The maximum absolute atomic E-state index is 6.18. The quantitative estimate of drug-likeness (QED) is 0.104. The van der Waals surface area contributed by atoms with Crippen LogP contribution in [-0.4, -0.2) is 23.4 Å². The molecular formula is C28H48Cl2N4S. The standard InChI is InChI=1S/C28H48Cl2N4S/c1-3-5-7-9-11-12-13-14-16-18-22-35-28(32-21-17-15-10-8-6-4-2)34-27(31)33-24-19-20-25(29)26(30)23-24/h19-20,23H,3-18,21-22H2,1-2H3,(H3,31,32,33,34). The second kappa shape index (κ2) is 22.3. The van der Waals surface area contributed by atoms with Crippen molar-refractivity contribution in [3.63, 3.8) is 0 Å². The lowest BCUT2D eigenvalue weighted by Crippen LogP contribution is -2.23. The van der Waals surface area contributed by atoms with Crippen LogP contribution in [0.5, 0.6) is 0 Å². The molecule has 0 radical (unpaired) electrons. The number of aliphatic imine (C=N–C) groups is 2. The fourth-order valence-corrected chi connectivity index (χ4v) is 4.96. The van der Waals surface area contributed by atoms with Crippen LogP contribution >= 0.6 is 35.0 Å². The Morgan fingerprint density at radius 2 is 1.31 bits per heavy atom. The molecule has 0 aliphatic carbocycles. The van der Waals surface area contributed by atoms with E-state index >= 15 is 0 Å². The van der Waals surface area contributed by atoms with Crippen molar-refractivity contribution in [2.45, 2.75) is 117 Å². The highest BCUT2D eigenvalue weighted by Gasteiger charge is 2.04. The molecule has 0 aromatic heterocycles. The van der Waals surface area contributed by atoms with E-state index in [-0.39, 0.29) is 0 Å². The van der Waals surface area contributed by atoms with Crippen LogP contribution < -0.4 is 11.1 Å². The first-order valence-corrected chi connectivity index (χ1v) is 15.5. The monoisotopic (exact) mass is 542 g/mol. The van der Waals surface area contributed by atoms with Gasteiger partial charge in [0.2, 0.25) is 0 Å². The van der Waals surface area contributed by atoms with Crippen molar-refractivity contribution in [1.29, 1.82) is 0 Å². The van der Waals surface area contributed by atoms with E-state index in [1.165, 1.54) is 96.3 Å². The van der Waals surface area contributed by atoms with Crippen molar-refractivity contribution < 1.29 is 0 Å². The van der Waals surface area contributed by atoms with Gasteiger partial charge in [-0.1, -0.05) is 139 Å². The summed E-state index contributed by atoms with van der Waals surface area (Å²) in [5.41, 5.74) is 6.94. The second-order valence-electron chi connectivity index (χ2n) is 9.21. The molecule has 0 aliphatic heterocycles. The average Bonchev–Trinajstić information content (AvgIpc) is 2.84. The summed E-state index contributed by atoms with van der Waals surface area (Å²) in [6.45, 7) is 5.32. The zero-order chi connectivity index (χ0) is 25.6. The summed E-state index contributed by atoms with van der Waals surface area (Å²) in [7, 11) is 0. The van der Waals surface area contributed by atoms with Crippen molar-refractivity contribution in [1.82, 2.24) is 0 Å². The van der Waals surface area contributed by atoms with E-state index in [2.05, 4.69) is 24.2 Å². The molecule has 200 valence electrons. The first kappa shape index (κ1) is 32.1. The Hall–Kier alpha value is -0.910. The number of nitrogens with zero attached hydrogens (tertiary/aromatic N) is 2. The van der Waals surface area contributed by atoms with Crippen LogP contribution in [0, 0.1) is 0 Å². The third-order valence-electron chi connectivity index (χ3n) is 5.90. The molecule has 35 heavy (non-hydrogen) atoms. The molecule has 0 saturated heterocycles. The minimum atomic E-state index is 0.320. The minimum absolute atomic E-state index is 0.320. The van der Waals surface area contributed by atoms with Crippen LogP contribution in [0.4, 0.5) is 5.69 Å². The summed E-state index contributed by atoms with van der Waals surface area (Å²) in [5.74, 6) is 1.34. The molecule has 3 N–H and O–H groups in total. The summed E-state index contributed by atoms with van der Waals surface area (Å²) in [6, 6.07) is 5.32. The Bertz CT molecular complexity index is 725. The third-order valence-corrected chi connectivity index (χ3v) is 7.61. The molecule has 0 amide bonds. The fourth-order valence-electron chi connectivity index (χ4n) is 3.79. The van der Waals surface area contributed by atoms with Gasteiger partial charge in [0.05, 0.1) is 10.0 Å². The number of anilines is 1. The maximum atomic E-state index is 6.18. The van der Waals surface area contributed by atoms with Gasteiger partial charge in [0.25, 0.3) is 0 Å². The fraction of sp³-hybridized carbons (Fsp3) is 0.714.